The Hall–Kier alpha value is -2.78. The molecule has 3 rings (SSSR count). The molecule has 0 atom stereocenters. The molecule has 0 spiro atoms. The van der Waals surface area contributed by atoms with Crippen molar-refractivity contribution >= 4 is 0 Å². The molecule has 0 aliphatic rings. The summed E-state index contributed by atoms with van der Waals surface area (Å²) in [5.41, 5.74) is 7.38. The third-order valence-electron chi connectivity index (χ3n) is 3.80. The summed E-state index contributed by atoms with van der Waals surface area (Å²) in [7, 11) is 0. The SMILES string of the molecule is CC#Cc1ccc(-c2ccc(-c3ccccc3)c(C)c2)cc1. The van der Waals surface area contributed by atoms with Gasteiger partial charge >= 0.3 is 0 Å². The number of aryl methyl sites for hydroxylation is 1. The number of rotatable bonds is 2. The minimum absolute atomic E-state index is 1.06. The highest BCUT2D eigenvalue weighted by molar-refractivity contribution is 5.73. The van der Waals surface area contributed by atoms with Crippen molar-refractivity contribution in [1.82, 2.24) is 0 Å². The van der Waals surface area contributed by atoms with E-state index in [2.05, 4.69) is 85.5 Å². The van der Waals surface area contributed by atoms with Crippen LogP contribution in [-0.4, -0.2) is 0 Å². The molecule has 0 nitrogen and oxygen atoms in total. The van der Waals surface area contributed by atoms with Gasteiger partial charge in [-0.2, -0.15) is 0 Å². The highest BCUT2D eigenvalue weighted by Gasteiger charge is 2.04. The first-order valence-electron chi connectivity index (χ1n) is 7.47. The molecule has 0 heterocycles. The first-order valence-corrected chi connectivity index (χ1v) is 7.47. The lowest BCUT2D eigenvalue weighted by atomic mass is 9.95. The molecule has 0 amide bonds. The van der Waals surface area contributed by atoms with E-state index in [0.29, 0.717) is 0 Å². The fourth-order valence-corrected chi connectivity index (χ4v) is 2.68. The molecule has 0 bridgehead atoms. The molecule has 0 saturated heterocycles. The van der Waals surface area contributed by atoms with Crippen LogP contribution in [0.15, 0.2) is 72.8 Å². The minimum Gasteiger partial charge on any atom is -0.101 e. The van der Waals surface area contributed by atoms with Gasteiger partial charge < -0.3 is 0 Å². The van der Waals surface area contributed by atoms with Crippen LogP contribution in [0, 0.1) is 18.8 Å². The predicted octanol–water partition coefficient (Wildman–Crippen LogP) is 5.70. The second-order valence-electron chi connectivity index (χ2n) is 5.35. The van der Waals surface area contributed by atoms with Gasteiger partial charge in [0.25, 0.3) is 0 Å². The monoisotopic (exact) mass is 282 g/mol. The summed E-state index contributed by atoms with van der Waals surface area (Å²) in [6.07, 6.45) is 0. The third-order valence-corrected chi connectivity index (χ3v) is 3.80. The van der Waals surface area contributed by atoms with Gasteiger partial charge in [0.2, 0.25) is 0 Å². The van der Waals surface area contributed by atoms with Crippen molar-refractivity contribution < 1.29 is 0 Å². The van der Waals surface area contributed by atoms with Gasteiger partial charge in [0.1, 0.15) is 0 Å². The zero-order valence-electron chi connectivity index (χ0n) is 12.9. The lowest BCUT2D eigenvalue weighted by molar-refractivity contribution is 1.45. The summed E-state index contributed by atoms with van der Waals surface area (Å²) in [6.45, 7) is 4.03. The van der Waals surface area contributed by atoms with Crippen LogP contribution >= 0.6 is 0 Å². The Kier molecular flexibility index (Phi) is 4.08. The molecular weight excluding hydrogens is 264 g/mol. The van der Waals surface area contributed by atoms with Crippen molar-refractivity contribution in [3.05, 3.63) is 83.9 Å². The van der Waals surface area contributed by atoms with E-state index in [0.717, 1.165) is 5.56 Å². The molecule has 3 aromatic carbocycles. The van der Waals surface area contributed by atoms with E-state index in [1.807, 2.05) is 13.0 Å². The van der Waals surface area contributed by atoms with E-state index in [9.17, 15) is 0 Å². The molecule has 0 fully saturated rings. The van der Waals surface area contributed by atoms with E-state index in [1.54, 1.807) is 0 Å². The number of hydrogen-bond acceptors (Lipinski definition) is 0. The van der Waals surface area contributed by atoms with Gasteiger partial charge in [0.15, 0.2) is 0 Å². The molecule has 0 aliphatic heterocycles. The first kappa shape index (κ1) is 14.2. The average molecular weight is 282 g/mol. The lowest BCUT2D eigenvalue weighted by Gasteiger charge is -2.09. The quantitative estimate of drug-likeness (QED) is 0.529. The van der Waals surface area contributed by atoms with E-state index in [4.69, 9.17) is 0 Å². The molecule has 0 N–H and O–H groups in total. The van der Waals surface area contributed by atoms with E-state index >= 15 is 0 Å². The molecule has 0 radical (unpaired) electrons. The normalized spacial score (nSPS) is 9.91. The van der Waals surface area contributed by atoms with Gasteiger partial charge in [-0.25, -0.2) is 0 Å². The predicted molar refractivity (Wildman–Crippen MR) is 94.6 cm³/mol. The largest absolute Gasteiger partial charge is 0.101 e. The Bertz CT molecular complexity index is 829. The molecule has 0 aromatic heterocycles. The highest BCUT2D eigenvalue weighted by Crippen LogP contribution is 2.28. The fraction of sp³-hybridized carbons (Fsp3) is 0.0909. The van der Waals surface area contributed by atoms with E-state index < -0.39 is 0 Å². The molecule has 22 heavy (non-hydrogen) atoms. The lowest BCUT2D eigenvalue weighted by Crippen LogP contribution is -1.86. The highest BCUT2D eigenvalue weighted by atomic mass is 14.1. The zero-order chi connectivity index (χ0) is 15.4. The van der Waals surface area contributed by atoms with E-state index in [-0.39, 0.29) is 0 Å². The third kappa shape index (κ3) is 2.95. The Labute approximate surface area is 132 Å². The standard InChI is InChI=1S/C22H18/c1-3-7-18-10-12-19(13-11-18)21-14-15-22(17(2)16-21)20-8-5-4-6-9-20/h4-6,8-16H,1-2H3. The van der Waals surface area contributed by atoms with Crippen molar-refractivity contribution in [2.75, 3.05) is 0 Å². The van der Waals surface area contributed by atoms with Crippen molar-refractivity contribution in [2.24, 2.45) is 0 Å². The molecule has 0 saturated carbocycles. The second kappa shape index (κ2) is 6.33. The summed E-state index contributed by atoms with van der Waals surface area (Å²) in [5.74, 6) is 6.01. The summed E-state index contributed by atoms with van der Waals surface area (Å²) < 4.78 is 0. The number of benzene rings is 3. The molecule has 3 aromatic rings. The van der Waals surface area contributed by atoms with Crippen LogP contribution in [0.25, 0.3) is 22.3 Å². The van der Waals surface area contributed by atoms with Crippen molar-refractivity contribution in [3.8, 4) is 34.1 Å². The van der Waals surface area contributed by atoms with Gasteiger partial charge in [0.05, 0.1) is 0 Å². The molecule has 0 unspecified atom stereocenters. The van der Waals surface area contributed by atoms with Crippen LogP contribution in [-0.2, 0) is 0 Å². The molecular formula is C22H18. The maximum absolute atomic E-state index is 3.08. The second-order valence-corrected chi connectivity index (χ2v) is 5.35. The summed E-state index contributed by atoms with van der Waals surface area (Å²) in [6, 6.07) is 25.6. The Morgan fingerprint density at radius 3 is 2.00 bits per heavy atom. The molecule has 0 heteroatoms. The van der Waals surface area contributed by atoms with Gasteiger partial charge in [-0.05, 0) is 53.8 Å². The van der Waals surface area contributed by atoms with Crippen LogP contribution < -0.4 is 0 Å². The Morgan fingerprint density at radius 2 is 1.36 bits per heavy atom. The van der Waals surface area contributed by atoms with Gasteiger partial charge in [-0.15, -0.1) is 5.92 Å². The minimum atomic E-state index is 1.06. The first-order chi connectivity index (χ1) is 10.8. The molecule has 0 aliphatic carbocycles. The van der Waals surface area contributed by atoms with Gasteiger partial charge in [-0.1, -0.05) is 66.6 Å². The van der Waals surface area contributed by atoms with Crippen molar-refractivity contribution in [1.29, 1.82) is 0 Å². The van der Waals surface area contributed by atoms with Crippen molar-refractivity contribution in [3.63, 3.8) is 0 Å². The summed E-state index contributed by atoms with van der Waals surface area (Å²) in [5, 5.41) is 0. The van der Waals surface area contributed by atoms with Crippen LogP contribution in [0.4, 0.5) is 0 Å². The van der Waals surface area contributed by atoms with Gasteiger partial charge in [-0.3, -0.25) is 0 Å². The summed E-state index contributed by atoms with van der Waals surface area (Å²) in [4.78, 5) is 0. The summed E-state index contributed by atoms with van der Waals surface area (Å²) >= 11 is 0. The topological polar surface area (TPSA) is 0 Å². The Balaban J connectivity index is 1.96. The maximum atomic E-state index is 3.08. The van der Waals surface area contributed by atoms with Crippen LogP contribution in [0.2, 0.25) is 0 Å². The van der Waals surface area contributed by atoms with Crippen LogP contribution in [0.5, 0.6) is 0 Å². The van der Waals surface area contributed by atoms with E-state index in [1.165, 1.54) is 27.8 Å². The van der Waals surface area contributed by atoms with Crippen LogP contribution in [0.3, 0.4) is 0 Å². The maximum Gasteiger partial charge on any atom is 0.0245 e. The average Bonchev–Trinajstić information content (AvgIpc) is 2.56. The zero-order valence-corrected chi connectivity index (χ0v) is 12.9. The van der Waals surface area contributed by atoms with Crippen LogP contribution in [0.1, 0.15) is 18.1 Å². The molecule has 106 valence electrons. The van der Waals surface area contributed by atoms with Crippen molar-refractivity contribution in [2.45, 2.75) is 13.8 Å². The Morgan fingerprint density at radius 1 is 0.682 bits per heavy atom. The number of hydrogen-bond donors (Lipinski definition) is 0. The smallest absolute Gasteiger partial charge is 0.0245 e. The fourth-order valence-electron chi connectivity index (χ4n) is 2.68. The van der Waals surface area contributed by atoms with Gasteiger partial charge in [0, 0.05) is 5.56 Å².